The highest BCUT2D eigenvalue weighted by Gasteiger charge is 2.18. The second kappa shape index (κ2) is 5.18. The van der Waals surface area contributed by atoms with E-state index in [0.29, 0.717) is 4.67 Å². The van der Waals surface area contributed by atoms with Crippen molar-refractivity contribution in [3.05, 3.63) is 22.6 Å². The van der Waals surface area contributed by atoms with E-state index in [1.165, 1.54) is 6.07 Å². The Labute approximate surface area is 94.6 Å². The fourth-order valence-corrected chi connectivity index (χ4v) is 1.26. The lowest BCUT2D eigenvalue weighted by Gasteiger charge is -2.13. The van der Waals surface area contributed by atoms with E-state index in [9.17, 15) is 4.79 Å². The fourth-order valence-electron chi connectivity index (χ4n) is 0.955. The summed E-state index contributed by atoms with van der Waals surface area (Å²) in [6.45, 7) is -0.268. The van der Waals surface area contributed by atoms with Crippen molar-refractivity contribution in [3.63, 3.8) is 0 Å². The smallest absolute Gasteiger partial charge is 0.291 e. The lowest BCUT2D eigenvalue weighted by molar-refractivity contribution is 0.0762. The van der Waals surface area contributed by atoms with Gasteiger partial charge in [0.05, 0.1) is 12.1 Å². The number of furan rings is 1. The Morgan fingerprint density at radius 1 is 1.40 bits per heavy atom. The molecule has 1 amide bonds. The molecule has 0 bridgehead atoms. The predicted octanol–water partition coefficient (Wildman–Crippen LogP) is 1.53. The Morgan fingerprint density at radius 3 is 2.40 bits per heavy atom. The van der Waals surface area contributed by atoms with Crippen molar-refractivity contribution in [2.24, 2.45) is 0 Å². The lowest BCUT2D eigenvalue weighted by atomic mass is 10.3. The summed E-state index contributed by atoms with van der Waals surface area (Å²) in [4.78, 5) is 12.7. The highest BCUT2D eigenvalue weighted by molar-refractivity contribution is 9.10. The predicted molar refractivity (Wildman–Crippen MR) is 53.5 cm³/mol. The molecule has 0 radical (unpaired) electrons. The van der Waals surface area contributed by atoms with Crippen molar-refractivity contribution in [1.29, 1.82) is 10.5 Å². The molecule has 5 nitrogen and oxygen atoms in total. The van der Waals surface area contributed by atoms with Gasteiger partial charge in [-0.1, -0.05) is 0 Å². The first kappa shape index (κ1) is 11.3. The molecule has 1 aromatic rings. The molecular weight excluding hydrogens is 262 g/mol. The van der Waals surface area contributed by atoms with Gasteiger partial charge in [0.15, 0.2) is 10.4 Å². The maximum atomic E-state index is 11.6. The van der Waals surface area contributed by atoms with Crippen LogP contribution in [0.15, 0.2) is 21.2 Å². The average Bonchev–Trinajstić information content (AvgIpc) is 2.63. The molecule has 0 atom stereocenters. The van der Waals surface area contributed by atoms with Crippen LogP contribution in [0.4, 0.5) is 0 Å². The van der Waals surface area contributed by atoms with Gasteiger partial charge < -0.3 is 9.32 Å². The van der Waals surface area contributed by atoms with Gasteiger partial charge in [0, 0.05) is 0 Å². The van der Waals surface area contributed by atoms with Crippen LogP contribution in [-0.2, 0) is 0 Å². The van der Waals surface area contributed by atoms with Crippen molar-refractivity contribution in [2.75, 3.05) is 13.1 Å². The van der Waals surface area contributed by atoms with Crippen molar-refractivity contribution < 1.29 is 9.21 Å². The first-order valence-electron chi connectivity index (χ1n) is 3.97. The number of nitriles is 2. The first-order valence-corrected chi connectivity index (χ1v) is 4.77. The Hall–Kier alpha value is -1.79. The normalized spacial score (nSPS) is 9.00. The number of amides is 1. The quantitative estimate of drug-likeness (QED) is 0.778. The number of hydrogen-bond donors (Lipinski definition) is 0. The van der Waals surface area contributed by atoms with Crippen LogP contribution in [0.5, 0.6) is 0 Å². The molecule has 0 saturated carbocycles. The van der Waals surface area contributed by atoms with E-state index >= 15 is 0 Å². The summed E-state index contributed by atoms with van der Waals surface area (Å²) < 4.78 is 5.46. The molecule has 0 fully saturated rings. The number of carbonyl (C=O) groups excluding carboxylic acids is 1. The van der Waals surface area contributed by atoms with E-state index in [2.05, 4.69) is 15.9 Å². The minimum atomic E-state index is -0.469. The molecule has 0 saturated heterocycles. The van der Waals surface area contributed by atoms with E-state index in [0.717, 1.165) is 4.90 Å². The van der Waals surface area contributed by atoms with E-state index < -0.39 is 5.91 Å². The molecule has 0 spiro atoms. The van der Waals surface area contributed by atoms with Crippen molar-refractivity contribution >= 4 is 21.8 Å². The average molecular weight is 268 g/mol. The molecule has 0 aliphatic carbocycles. The van der Waals surface area contributed by atoms with Crippen molar-refractivity contribution in [2.45, 2.75) is 0 Å². The molecule has 15 heavy (non-hydrogen) atoms. The van der Waals surface area contributed by atoms with Gasteiger partial charge in [-0.3, -0.25) is 4.79 Å². The molecule has 6 heteroatoms. The molecule has 0 aliphatic heterocycles. The van der Waals surface area contributed by atoms with E-state index in [4.69, 9.17) is 14.9 Å². The van der Waals surface area contributed by atoms with Gasteiger partial charge in [-0.05, 0) is 28.1 Å². The highest BCUT2D eigenvalue weighted by atomic mass is 79.9. The number of nitrogens with zero attached hydrogens (tertiary/aromatic N) is 3. The van der Waals surface area contributed by atoms with Crippen LogP contribution >= 0.6 is 15.9 Å². The minimum Gasteiger partial charge on any atom is -0.444 e. The maximum absolute atomic E-state index is 11.6. The zero-order chi connectivity index (χ0) is 11.3. The molecule has 1 rings (SSSR count). The van der Waals surface area contributed by atoms with Gasteiger partial charge in [-0.15, -0.1) is 0 Å². The summed E-state index contributed by atoms with van der Waals surface area (Å²) in [5.74, 6) is -0.365. The highest BCUT2D eigenvalue weighted by Crippen LogP contribution is 2.15. The fraction of sp³-hybridized carbons (Fsp3) is 0.222. The van der Waals surface area contributed by atoms with Crippen LogP contribution in [0.25, 0.3) is 0 Å². The third kappa shape index (κ3) is 2.83. The number of hydrogen-bond acceptors (Lipinski definition) is 4. The third-order valence-corrected chi connectivity index (χ3v) is 2.02. The molecule has 1 aromatic heterocycles. The van der Waals surface area contributed by atoms with Crippen LogP contribution in [0.1, 0.15) is 10.6 Å². The summed E-state index contributed by atoms with van der Waals surface area (Å²) in [6, 6.07) is 6.68. The third-order valence-electron chi connectivity index (χ3n) is 1.59. The maximum Gasteiger partial charge on any atom is 0.291 e. The molecule has 1 heterocycles. The Kier molecular flexibility index (Phi) is 3.90. The summed E-state index contributed by atoms with van der Waals surface area (Å²) in [7, 11) is 0. The summed E-state index contributed by atoms with van der Waals surface area (Å²) >= 11 is 3.06. The lowest BCUT2D eigenvalue weighted by Crippen LogP contribution is -2.31. The standard InChI is InChI=1S/C9H6BrN3O2/c10-8-2-1-7(15-8)9(14)13(5-3-11)6-4-12/h1-2H,5-6H2. The van der Waals surface area contributed by atoms with Crippen LogP contribution in [0.3, 0.4) is 0 Å². The van der Waals surface area contributed by atoms with Crippen LogP contribution in [0, 0.1) is 22.7 Å². The van der Waals surface area contributed by atoms with Crippen LogP contribution in [0.2, 0.25) is 0 Å². The summed E-state index contributed by atoms with van der Waals surface area (Å²) in [5.41, 5.74) is 0. The Balaban J connectivity index is 2.82. The number of carbonyl (C=O) groups is 1. The van der Waals surface area contributed by atoms with E-state index in [1.54, 1.807) is 6.07 Å². The molecule has 0 N–H and O–H groups in total. The first-order chi connectivity index (χ1) is 7.19. The second-order valence-corrected chi connectivity index (χ2v) is 3.36. The number of rotatable bonds is 3. The van der Waals surface area contributed by atoms with Crippen molar-refractivity contribution in [3.8, 4) is 12.1 Å². The number of halogens is 1. The largest absolute Gasteiger partial charge is 0.444 e. The molecule has 0 unspecified atom stereocenters. The molecule has 0 aromatic carbocycles. The van der Waals surface area contributed by atoms with Gasteiger partial charge >= 0.3 is 0 Å². The monoisotopic (exact) mass is 267 g/mol. The molecule has 0 aliphatic rings. The SMILES string of the molecule is N#CCN(CC#N)C(=O)c1ccc(Br)o1. The van der Waals surface area contributed by atoms with E-state index in [1.807, 2.05) is 12.1 Å². The van der Waals surface area contributed by atoms with Gasteiger partial charge in [0.1, 0.15) is 13.1 Å². The second-order valence-electron chi connectivity index (χ2n) is 2.58. The van der Waals surface area contributed by atoms with Gasteiger partial charge in [0.25, 0.3) is 5.91 Å². The topological polar surface area (TPSA) is 81.0 Å². The summed E-state index contributed by atoms with van der Waals surface area (Å²) in [6.07, 6.45) is 0. The van der Waals surface area contributed by atoms with Crippen LogP contribution < -0.4 is 0 Å². The van der Waals surface area contributed by atoms with Gasteiger partial charge in [-0.2, -0.15) is 10.5 Å². The Bertz CT molecular complexity index is 425. The van der Waals surface area contributed by atoms with E-state index in [-0.39, 0.29) is 18.8 Å². The molecule has 76 valence electrons. The minimum absolute atomic E-state index is 0.104. The van der Waals surface area contributed by atoms with Gasteiger partial charge in [0.2, 0.25) is 0 Å². The Morgan fingerprint density at radius 2 is 2.00 bits per heavy atom. The summed E-state index contributed by atoms with van der Waals surface area (Å²) in [5, 5.41) is 16.9. The zero-order valence-electron chi connectivity index (χ0n) is 7.61. The zero-order valence-corrected chi connectivity index (χ0v) is 9.19. The van der Waals surface area contributed by atoms with Gasteiger partial charge in [-0.25, -0.2) is 0 Å². The van der Waals surface area contributed by atoms with Crippen molar-refractivity contribution in [1.82, 2.24) is 4.90 Å². The van der Waals surface area contributed by atoms with Crippen LogP contribution in [-0.4, -0.2) is 23.9 Å². The molecular formula is C9H6BrN3O2.